The molecule has 7 rings (SSSR count). The fourth-order valence-corrected chi connectivity index (χ4v) is 5.01. The topological polar surface area (TPSA) is 54.8 Å². The third-order valence-electron chi connectivity index (χ3n) is 6.50. The standard InChI is InChI=1S/C30H17N3O/c31-17-24-26(16-20(18-32-24)19-8-2-1-3-9-19)33-25-12-6-4-10-21(25)22-14-15-28-29(30(22)33)23-11-5-7-13-27(23)34-28/h1-16,18H. The van der Waals surface area contributed by atoms with E-state index in [2.05, 4.69) is 58.1 Å². The summed E-state index contributed by atoms with van der Waals surface area (Å²) in [6, 6.07) is 35.1. The minimum atomic E-state index is 0.382. The van der Waals surface area contributed by atoms with Crippen LogP contribution in [0.4, 0.5) is 0 Å². The second-order valence-corrected chi connectivity index (χ2v) is 8.36. The Balaban J connectivity index is 1.69. The molecule has 0 unspecified atom stereocenters. The van der Waals surface area contributed by atoms with Gasteiger partial charge in [0.05, 0.1) is 22.1 Å². The van der Waals surface area contributed by atoms with Crippen LogP contribution in [-0.4, -0.2) is 9.55 Å². The van der Waals surface area contributed by atoms with E-state index in [0.29, 0.717) is 5.69 Å². The molecule has 0 aliphatic rings. The number of aromatic nitrogens is 2. The maximum Gasteiger partial charge on any atom is 0.164 e. The van der Waals surface area contributed by atoms with E-state index in [9.17, 15) is 5.26 Å². The Morgan fingerprint density at radius 2 is 1.47 bits per heavy atom. The van der Waals surface area contributed by atoms with Gasteiger partial charge in [-0.1, -0.05) is 66.7 Å². The minimum absolute atomic E-state index is 0.382. The first kappa shape index (κ1) is 18.7. The number of para-hydroxylation sites is 2. The summed E-state index contributed by atoms with van der Waals surface area (Å²) in [7, 11) is 0. The first-order valence-electron chi connectivity index (χ1n) is 11.1. The van der Waals surface area contributed by atoms with Crippen molar-refractivity contribution >= 4 is 43.7 Å². The number of furan rings is 1. The molecule has 0 atom stereocenters. The molecule has 0 saturated heterocycles. The number of fused-ring (bicyclic) bond motifs is 7. The Bertz CT molecular complexity index is 1920. The zero-order valence-electron chi connectivity index (χ0n) is 18.1. The molecule has 0 radical (unpaired) electrons. The van der Waals surface area contributed by atoms with Crippen molar-refractivity contribution in [3.8, 4) is 22.9 Å². The van der Waals surface area contributed by atoms with Crippen LogP contribution in [0.5, 0.6) is 0 Å². The van der Waals surface area contributed by atoms with Gasteiger partial charge in [-0.3, -0.25) is 0 Å². The lowest BCUT2D eigenvalue weighted by molar-refractivity contribution is 0.669. The molecule has 0 spiro atoms. The zero-order valence-corrected chi connectivity index (χ0v) is 18.1. The van der Waals surface area contributed by atoms with E-state index >= 15 is 0 Å². The van der Waals surface area contributed by atoms with Crippen LogP contribution in [0, 0.1) is 11.3 Å². The maximum absolute atomic E-state index is 10.0. The van der Waals surface area contributed by atoms with Crippen molar-refractivity contribution in [1.82, 2.24) is 9.55 Å². The van der Waals surface area contributed by atoms with Gasteiger partial charge in [0.15, 0.2) is 5.69 Å². The largest absolute Gasteiger partial charge is 0.456 e. The Morgan fingerprint density at radius 1 is 0.706 bits per heavy atom. The molecular formula is C30H17N3O. The summed E-state index contributed by atoms with van der Waals surface area (Å²) in [6.45, 7) is 0. The second-order valence-electron chi connectivity index (χ2n) is 8.36. The fourth-order valence-electron chi connectivity index (χ4n) is 5.01. The van der Waals surface area contributed by atoms with Gasteiger partial charge < -0.3 is 8.98 Å². The molecule has 0 aliphatic carbocycles. The molecule has 0 amide bonds. The maximum atomic E-state index is 10.0. The molecule has 0 aliphatic heterocycles. The summed E-state index contributed by atoms with van der Waals surface area (Å²) in [5.74, 6) is 0. The van der Waals surface area contributed by atoms with Gasteiger partial charge in [0.2, 0.25) is 0 Å². The molecule has 4 aromatic carbocycles. The van der Waals surface area contributed by atoms with E-state index in [-0.39, 0.29) is 0 Å². The lowest BCUT2D eigenvalue weighted by Crippen LogP contribution is -2.00. The monoisotopic (exact) mass is 435 g/mol. The van der Waals surface area contributed by atoms with E-state index in [4.69, 9.17) is 4.42 Å². The number of rotatable bonds is 2. The molecular weight excluding hydrogens is 418 g/mol. The molecule has 34 heavy (non-hydrogen) atoms. The van der Waals surface area contributed by atoms with Crippen molar-refractivity contribution in [2.75, 3.05) is 0 Å². The van der Waals surface area contributed by atoms with Crippen molar-refractivity contribution in [3.05, 3.63) is 109 Å². The van der Waals surface area contributed by atoms with Crippen LogP contribution in [-0.2, 0) is 0 Å². The van der Waals surface area contributed by atoms with Crippen LogP contribution in [0.15, 0.2) is 108 Å². The van der Waals surface area contributed by atoms with Crippen molar-refractivity contribution in [2.24, 2.45) is 0 Å². The van der Waals surface area contributed by atoms with Gasteiger partial charge in [0, 0.05) is 27.9 Å². The van der Waals surface area contributed by atoms with E-state index < -0.39 is 0 Å². The quantitative estimate of drug-likeness (QED) is 0.281. The van der Waals surface area contributed by atoms with Gasteiger partial charge in [-0.05, 0) is 35.9 Å². The minimum Gasteiger partial charge on any atom is -0.456 e. The number of benzene rings is 4. The third-order valence-corrected chi connectivity index (χ3v) is 6.50. The molecule has 0 bridgehead atoms. The first-order valence-corrected chi connectivity index (χ1v) is 11.1. The van der Waals surface area contributed by atoms with E-state index in [1.54, 1.807) is 6.20 Å². The van der Waals surface area contributed by atoms with Gasteiger partial charge in [0.1, 0.15) is 17.2 Å². The highest BCUT2D eigenvalue weighted by molar-refractivity contribution is 6.24. The van der Waals surface area contributed by atoms with Gasteiger partial charge >= 0.3 is 0 Å². The molecule has 3 aromatic heterocycles. The summed E-state index contributed by atoms with van der Waals surface area (Å²) in [5, 5.41) is 14.4. The molecule has 0 fully saturated rings. The SMILES string of the molecule is N#Cc1ncc(-c2ccccc2)cc1-n1c2ccccc2c2ccc3oc4ccccc4c3c21. The van der Waals surface area contributed by atoms with Crippen LogP contribution < -0.4 is 0 Å². The number of pyridine rings is 1. The number of hydrogen-bond acceptors (Lipinski definition) is 3. The summed E-state index contributed by atoms with van der Waals surface area (Å²) in [5.41, 5.74) is 6.87. The smallest absolute Gasteiger partial charge is 0.164 e. The average molecular weight is 435 g/mol. The summed E-state index contributed by atoms with van der Waals surface area (Å²) >= 11 is 0. The molecule has 3 heterocycles. The van der Waals surface area contributed by atoms with Crippen molar-refractivity contribution < 1.29 is 4.42 Å². The Morgan fingerprint density at radius 3 is 2.32 bits per heavy atom. The van der Waals surface area contributed by atoms with E-state index in [0.717, 1.165) is 60.6 Å². The van der Waals surface area contributed by atoms with E-state index in [1.165, 1.54) is 0 Å². The highest BCUT2D eigenvalue weighted by Gasteiger charge is 2.21. The highest BCUT2D eigenvalue weighted by Crippen LogP contribution is 2.41. The lowest BCUT2D eigenvalue weighted by atomic mass is 10.1. The van der Waals surface area contributed by atoms with E-state index in [1.807, 2.05) is 54.6 Å². The number of hydrogen-bond donors (Lipinski definition) is 0. The third kappa shape index (κ3) is 2.55. The number of nitriles is 1. The fraction of sp³-hybridized carbons (Fsp3) is 0. The van der Waals surface area contributed by atoms with Crippen LogP contribution >= 0.6 is 0 Å². The van der Waals surface area contributed by atoms with Crippen molar-refractivity contribution in [1.29, 1.82) is 5.26 Å². The van der Waals surface area contributed by atoms with Gasteiger partial charge in [0.25, 0.3) is 0 Å². The molecule has 7 aromatic rings. The normalized spacial score (nSPS) is 11.5. The molecule has 0 N–H and O–H groups in total. The zero-order chi connectivity index (χ0) is 22.6. The average Bonchev–Trinajstić information content (AvgIpc) is 3.44. The predicted molar refractivity (Wildman–Crippen MR) is 136 cm³/mol. The highest BCUT2D eigenvalue weighted by atomic mass is 16.3. The molecule has 4 heteroatoms. The van der Waals surface area contributed by atoms with Gasteiger partial charge in [-0.2, -0.15) is 5.26 Å². The Labute approximate surface area is 194 Å². The summed E-state index contributed by atoms with van der Waals surface area (Å²) in [6.07, 6.45) is 1.77. The second kappa shape index (κ2) is 7.06. The predicted octanol–water partition coefficient (Wildman–Crippen LogP) is 7.62. The van der Waals surface area contributed by atoms with Gasteiger partial charge in [-0.25, -0.2) is 4.98 Å². The van der Waals surface area contributed by atoms with Crippen molar-refractivity contribution in [3.63, 3.8) is 0 Å². The summed E-state index contributed by atoms with van der Waals surface area (Å²) in [4.78, 5) is 4.57. The van der Waals surface area contributed by atoms with Crippen LogP contribution in [0.25, 0.3) is 60.6 Å². The van der Waals surface area contributed by atoms with Gasteiger partial charge in [-0.15, -0.1) is 0 Å². The summed E-state index contributed by atoms with van der Waals surface area (Å²) < 4.78 is 8.38. The van der Waals surface area contributed by atoms with Crippen molar-refractivity contribution in [2.45, 2.75) is 0 Å². The van der Waals surface area contributed by atoms with Crippen LogP contribution in [0.3, 0.4) is 0 Å². The van der Waals surface area contributed by atoms with Crippen LogP contribution in [0.2, 0.25) is 0 Å². The Hall–Kier alpha value is -4.88. The number of nitrogens with zero attached hydrogens (tertiary/aromatic N) is 3. The van der Waals surface area contributed by atoms with Crippen LogP contribution in [0.1, 0.15) is 5.69 Å². The first-order chi connectivity index (χ1) is 16.8. The molecule has 4 nitrogen and oxygen atoms in total. The molecule has 0 saturated carbocycles. The molecule has 158 valence electrons. The Kier molecular flexibility index (Phi) is 3.88. The lowest BCUT2D eigenvalue weighted by Gasteiger charge is -2.12.